The van der Waals surface area contributed by atoms with E-state index in [-0.39, 0.29) is 6.04 Å². The van der Waals surface area contributed by atoms with E-state index in [1.165, 1.54) is 5.56 Å². The van der Waals surface area contributed by atoms with Gasteiger partial charge in [-0.25, -0.2) is 0 Å². The lowest BCUT2D eigenvalue weighted by atomic mass is 10.1. The van der Waals surface area contributed by atoms with Gasteiger partial charge in [-0.2, -0.15) is 0 Å². The number of carbonyl (C=O) groups excluding carboxylic acids is 2. The smallest absolute Gasteiger partial charge is 0.313 e. The summed E-state index contributed by atoms with van der Waals surface area (Å²) in [5.74, 6) is -1.31. The first-order valence-electron chi connectivity index (χ1n) is 10.6. The standard InChI is InChI=1S/C25H26N4O2/c1-2-18-8-3-5-11-21(18)28-25(31)24(30)27-17-23(20-10-7-14-26-16-20)29-15-13-19-9-4-6-12-22(19)29/h3-12,14,16,23H,2,13,15,17H2,1H3,(H,27,30)(H,28,31)/t23-/m1/s1. The molecule has 0 unspecified atom stereocenters. The average molecular weight is 415 g/mol. The van der Waals surface area contributed by atoms with Crippen molar-refractivity contribution in [1.29, 1.82) is 0 Å². The number of nitrogens with one attached hydrogen (secondary N) is 2. The molecule has 1 aliphatic heterocycles. The van der Waals surface area contributed by atoms with Crippen LogP contribution in [0.5, 0.6) is 0 Å². The predicted molar refractivity (Wildman–Crippen MR) is 122 cm³/mol. The van der Waals surface area contributed by atoms with Crippen molar-refractivity contribution in [3.8, 4) is 0 Å². The lowest BCUT2D eigenvalue weighted by molar-refractivity contribution is -0.136. The van der Waals surface area contributed by atoms with Gasteiger partial charge in [0.05, 0.1) is 6.04 Å². The van der Waals surface area contributed by atoms with Gasteiger partial charge in [0.1, 0.15) is 0 Å². The van der Waals surface area contributed by atoms with Gasteiger partial charge in [0.25, 0.3) is 0 Å². The molecule has 2 heterocycles. The molecule has 158 valence electrons. The minimum absolute atomic E-state index is 0.114. The van der Waals surface area contributed by atoms with Crippen molar-refractivity contribution < 1.29 is 9.59 Å². The molecular weight excluding hydrogens is 388 g/mol. The van der Waals surface area contributed by atoms with Gasteiger partial charge in [0.2, 0.25) is 0 Å². The van der Waals surface area contributed by atoms with Crippen LogP contribution < -0.4 is 15.5 Å². The fourth-order valence-corrected chi connectivity index (χ4v) is 4.07. The number of nitrogens with zero attached hydrogens (tertiary/aromatic N) is 2. The molecule has 2 aromatic carbocycles. The van der Waals surface area contributed by atoms with Crippen molar-refractivity contribution >= 4 is 23.2 Å². The number of carbonyl (C=O) groups is 2. The Labute approximate surface area is 182 Å². The molecular formula is C25H26N4O2. The number of aryl methyl sites for hydroxylation is 1. The first kappa shape index (κ1) is 20.6. The van der Waals surface area contributed by atoms with Crippen LogP contribution in [0.4, 0.5) is 11.4 Å². The van der Waals surface area contributed by atoms with E-state index in [9.17, 15) is 9.59 Å². The van der Waals surface area contributed by atoms with E-state index in [1.54, 1.807) is 6.20 Å². The molecule has 3 aromatic rings. The highest BCUT2D eigenvalue weighted by Crippen LogP contribution is 2.34. The monoisotopic (exact) mass is 414 g/mol. The number of fused-ring (bicyclic) bond motifs is 1. The Bertz CT molecular complexity index is 1070. The van der Waals surface area contributed by atoms with E-state index in [2.05, 4.69) is 32.7 Å². The Kier molecular flexibility index (Phi) is 6.26. The number of anilines is 2. The Morgan fingerprint density at radius 1 is 1.03 bits per heavy atom. The van der Waals surface area contributed by atoms with Gasteiger partial charge in [-0.05, 0) is 47.7 Å². The highest BCUT2D eigenvalue weighted by molar-refractivity contribution is 6.39. The largest absolute Gasteiger partial charge is 0.362 e. The van der Waals surface area contributed by atoms with E-state index < -0.39 is 11.8 Å². The molecule has 6 nitrogen and oxygen atoms in total. The van der Waals surface area contributed by atoms with Crippen LogP contribution in [0.25, 0.3) is 0 Å². The van der Waals surface area contributed by atoms with Crippen LogP contribution in [0.3, 0.4) is 0 Å². The van der Waals surface area contributed by atoms with Crippen molar-refractivity contribution in [1.82, 2.24) is 10.3 Å². The summed E-state index contributed by atoms with van der Waals surface area (Å²) in [7, 11) is 0. The maximum Gasteiger partial charge on any atom is 0.313 e. The summed E-state index contributed by atoms with van der Waals surface area (Å²) in [4.78, 5) is 31.6. The van der Waals surface area contributed by atoms with Gasteiger partial charge in [-0.3, -0.25) is 14.6 Å². The lowest BCUT2D eigenvalue weighted by Crippen LogP contribution is -2.42. The van der Waals surface area contributed by atoms with Gasteiger partial charge in [0.15, 0.2) is 0 Å². The molecule has 0 fully saturated rings. The molecule has 6 heteroatoms. The fraction of sp³-hybridized carbons (Fsp3) is 0.240. The number of amides is 2. The van der Waals surface area contributed by atoms with Crippen LogP contribution in [-0.2, 0) is 22.4 Å². The maximum absolute atomic E-state index is 12.6. The minimum atomic E-state index is -0.660. The minimum Gasteiger partial charge on any atom is -0.362 e. The second-order valence-corrected chi connectivity index (χ2v) is 7.55. The molecule has 0 aliphatic carbocycles. The van der Waals surface area contributed by atoms with Crippen molar-refractivity contribution in [3.05, 3.63) is 89.7 Å². The van der Waals surface area contributed by atoms with E-state index in [0.717, 1.165) is 36.2 Å². The van der Waals surface area contributed by atoms with E-state index in [1.807, 2.05) is 61.7 Å². The third-order valence-electron chi connectivity index (χ3n) is 5.68. The van der Waals surface area contributed by atoms with Crippen molar-refractivity contribution in [2.75, 3.05) is 23.3 Å². The van der Waals surface area contributed by atoms with Crippen LogP contribution in [0.1, 0.15) is 29.7 Å². The zero-order valence-electron chi connectivity index (χ0n) is 17.5. The predicted octanol–water partition coefficient (Wildman–Crippen LogP) is 3.50. The number of benzene rings is 2. The summed E-state index contributed by atoms with van der Waals surface area (Å²) in [6.45, 7) is 3.17. The molecule has 4 rings (SSSR count). The number of hydrogen-bond acceptors (Lipinski definition) is 4. The van der Waals surface area contributed by atoms with Crippen LogP contribution in [0, 0.1) is 0 Å². The molecule has 0 saturated heterocycles. The second-order valence-electron chi connectivity index (χ2n) is 7.55. The third-order valence-corrected chi connectivity index (χ3v) is 5.68. The third kappa shape index (κ3) is 4.58. The summed E-state index contributed by atoms with van der Waals surface area (Å²) in [5, 5.41) is 5.56. The number of aromatic nitrogens is 1. The molecule has 0 radical (unpaired) electrons. The molecule has 1 aliphatic rings. The topological polar surface area (TPSA) is 74.3 Å². The molecule has 2 N–H and O–H groups in total. The van der Waals surface area contributed by atoms with Gasteiger partial charge >= 0.3 is 11.8 Å². The molecule has 2 amide bonds. The Morgan fingerprint density at radius 2 is 1.84 bits per heavy atom. The maximum atomic E-state index is 12.6. The second kappa shape index (κ2) is 9.43. The molecule has 1 aromatic heterocycles. The summed E-state index contributed by atoms with van der Waals surface area (Å²) in [5.41, 5.74) is 5.10. The first-order valence-corrected chi connectivity index (χ1v) is 10.6. The van der Waals surface area contributed by atoms with Crippen molar-refractivity contribution in [2.45, 2.75) is 25.8 Å². The van der Waals surface area contributed by atoms with Crippen LogP contribution in [0.15, 0.2) is 73.1 Å². The average Bonchev–Trinajstić information content (AvgIpc) is 3.24. The van der Waals surface area contributed by atoms with Gasteiger partial charge in [-0.1, -0.05) is 49.4 Å². The summed E-state index contributed by atoms with van der Waals surface area (Å²) >= 11 is 0. The van der Waals surface area contributed by atoms with Crippen LogP contribution >= 0.6 is 0 Å². The Hall–Kier alpha value is -3.67. The van der Waals surface area contributed by atoms with E-state index in [4.69, 9.17) is 0 Å². The number of para-hydroxylation sites is 2. The molecule has 0 bridgehead atoms. The van der Waals surface area contributed by atoms with Crippen molar-refractivity contribution in [2.24, 2.45) is 0 Å². The molecule has 1 atom stereocenters. The lowest BCUT2D eigenvalue weighted by Gasteiger charge is -2.30. The Morgan fingerprint density at radius 3 is 2.65 bits per heavy atom. The van der Waals surface area contributed by atoms with Crippen LogP contribution in [-0.4, -0.2) is 29.9 Å². The number of pyridine rings is 1. The zero-order chi connectivity index (χ0) is 21.6. The van der Waals surface area contributed by atoms with E-state index >= 15 is 0 Å². The quantitative estimate of drug-likeness (QED) is 0.606. The van der Waals surface area contributed by atoms with Crippen LogP contribution in [0.2, 0.25) is 0 Å². The zero-order valence-corrected chi connectivity index (χ0v) is 17.5. The molecule has 0 spiro atoms. The first-order chi connectivity index (χ1) is 15.2. The fourth-order valence-electron chi connectivity index (χ4n) is 4.07. The number of hydrogen-bond donors (Lipinski definition) is 2. The SMILES string of the molecule is CCc1ccccc1NC(=O)C(=O)NC[C@H](c1cccnc1)N1CCc2ccccc21. The summed E-state index contributed by atoms with van der Waals surface area (Å²) < 4.78 is 0. The van der Waals surface area contributed by atoms with Gasteiger partial charge < -0.3 is 15.5 Å². The van der Waals surface area contributed by atoms with E-state index in [0.29, 0.717) is 12.2 Å². The molecule has 31 heavy (non-hydrogen) atoms. The summed E-state index contributed by atoms with van der Waals surface area (Å²) in [6.07, 6.45) is 5.27. The normalized spacial score (nSPS) is 13.4. The highest BCUT2D eigenvalue weighted by atomic mass is 16.2. The van der Waals surface area contributed by atoms with Gasteiger partial charge in [0, 0.05) is 36.9 Å². The Balaban J connectivity index is 1.48. The summed E-state index contributed by atoms with van der Waals surface area (Å²) in [6, 6.07) is 19.6. The molecule has 0 saturated carbocycles. The van der Waals surface area contributed by atoms with Gasteiger partial charge in [-0.15, -0.1) is 0 Å². The highest BCUT2D eigenvalue weighted by Gasteiger charge is 2.28. The number of rotatable bonds is 6. The van der Waals surface area contributed by atoms with Crippen molar-refractivity contribution in [3.63, 3.8) is 0 Å².